The van der Waals surface area contributed by atoms with Crippen molar-refractivity contribution in [3.8, 4) is 5.75 Å². The Morgan fingerprint density at radius 1 is 1.36 bits per heavy atom. The highest BCUT2D eigenvalue weighted by molar-refractivity contribution is 5.28. The standard InChI is InChI=1S/C12H16O2/c1-4-9(2)12(13)10-5-7-11(14-3)8-6-10/h4-9,12-13H,1H2,2-3H3/t9-,12+/m0/s1. The molecule has 0 bridgehead atoms. The first-order valence-electron chi connectivity index (χ1n) is 4.63. The van der Waals surface area contributed by atoms with E-state index in [9.17, 15) is 5.11 Å². The highest BCUT2D eigenvalue weighted by atomic mass is 16.5. The van der Waals surface area contributed by atoms with Crippen LogP contribution in [-0.4, -0.2) is 12.2 Å². The zero-order valence-corrected chi connectivity index (χ0v) is 8.60. The maximum absolute atomic E-state index is 9.84. The van der Waals surface area contributed by atoms with Gasteiger partial charge in [0, 0.05) is 5.92 Å². The Morgan fingerprint density at radius 3 is 2.36 bits per heavy atom. The number of aliphatic hydroxyl groups is 1. The smallest absolute Gasteiger partial charge is 0.118 e. The van der Waals surface area contributed by atoms with Crippen LogP contribution in [0, 0.1) is 5.92 Å². The van der Waals surface area contributed by atoms with Gasteiger partial charge in [-0.25, -0.2) is 0 Å². The predicted octanol–water partition coefficient (Wildman–Crippen LogP) is 2.55. The molecule has 0 aliphatic heterocycles. The molecule has 0 saturated carbocycles. The predicted molar refractivity (Wildman–Crippen MR) is 57.3 cm³/mol. The van der Waals surface area contributed by atoms with Crippen molar-refractivity contribution in [2.75, 3.05) is 7.11 Å². The molecule has 1 N–H and O–H groups in total. The molecule has 0 aromatic heterocycles. The van der Waals surface area contributed by atoms with Crippen molar-refractivity contribution in [3.63, 3.8) is 0 Å². The van der Waals surface area contributed by atoms with Gasteiger partial charge in [-0.15, -0.1) is 6.58 Å². The molecule has 14 heavy (non-hydrogen) atoms. The third-order valence-electron chi connectivity index (χ3n) is 2.33. The Kier molecular flexibility index (Phi) is 3.72. The summed E-state index contributed by atoms with van der Waals surface area (Å²) in [5.41, 5.74) is 0.887. The van der Waals surface area contributed by atoms with E-state index in [4.69, 9.17) is 4.74 Å². The molecule has 2 heteroatoms. The van der Waals surface area contributed by atoms with Crippen LogP contribution in [-0.2, 0) is 0 Å². The van der Waals surface area contributed by atoms with Crippen LogP contribution in [0.25, 0.3) is 0 Å². The van der Waals surface area contributed by atoms with Gasteiger partial charge >= 0.3 is 0 Å². The van der Waals surface area contributed by atoms with Crippen LogP contribution in [0.4, 0.5) is 0 Å². The van der Waals surface area contributed by atoms with E-state index < -0.39 is 6.10 Å². The monoisotopic (exact) mass is 192 g/mol. The van der Waals surface area contributed by atoms with Crippen molar-refractivity contribution in [2.45, 2.75) is 13.0 Å². The molecule has 1 aromatic carbocycles. The van der Waals surface area contributed by atoms with Crippen molar-refractivity contribution < 1.29 is 9.84 Å². The van der Waals surface area contributed by atoms with Crippen LogP contribution in [0.3, 0.4) is 0 Å². The minimum absolute atomic E-state index is 0.0587. The summed E-state index contributed by atoms with van der Waals surface area (Å²) >= 11 is 0. The van der Waals surface area contributed by atoms with E-state index in [1.807, 2.05) is 31.2 Å². The average Bonchev–Trinajstić information content (AvgIpc) is 2.27. The number of aliphatic hydroxyl groups excluding tert-OH is 1. The van der Waals surface area contributed by atoms with Gasteiger partial charge < -0.3 is 9.84 Å². The van der Waals surface area contributed by atoms with E-state index in [1.165, 1.54) is 0 Å². The molecule has 0 radical (unpaired) electrons. The quantitative estimate of drug-likeness (QED) is 0.743. The van der Waals surface area contributed by atoms with Gasteiger partial charge in [-0.3, -0.25) is 0 Å². The van der Waals surface area contributed by atoms with Gasteiger partial charge in [-0.1, -0.05) is 25.1 Å². The first-order chi connectivity index (χ1) is 6.69. The van der Waals surface area contributed by atoms with Gasteiger partial charge in [-0.05, 0) is 17.7 Å². The van der Waals surface area contributed by atoms with Gasteiger partial charge in [0.25, 0.3) is 0 Å². The van der Waals surface area contributed by atoms with Crippen LogP contribution >= 0.6 is 0 Å². The summed E-state index contributed by atoms with van der Waals surface area (Å²) in [6, 6.07) is 7.41. The van der Waals surface area contributed by atoms with E-state index in [1.54, 1.807) is 13.2 Å². The third kappa shape index (κ3) is 2.36. The lowest BCUT2D eigenvalue weighted by atomic mass is 9.98. The summed E-state index contributed by atoms with van der Waals surface area (Å²) < 4.78 is 5.03. The minimum atomic E-state index is -0.488. The van der Waals surface area contributed by atoms with E-state index in [0.717, 1.165) is 11.3 Å². The largest absolute Gasteiger partial charge is 0.497 e. The molecular formula is C12H16O2. The molecule has 0 spiro atoms. The van der Waals surface area contributed by atoms with Crippen molar-refractivity contribution in [3.05, 3.63) is 42.5 Å². The molecule has 0 aliphatic rings. The van der Waals surface area contributed by atoms with Crippen LogP contribution in [0.15, 0.2) is 36.9 Å². The number of rotatable bonds is 4. The molecule has 0 unspecified atom stereocenters. The second-order valence-corrected chi connectivity index (χ2v) is 3.31. The number of hydrogen-bond donors (Lipinski definition) is 1. The summed E-state index contributed by atoms with van der Waals surface area (Å²) in [4.78, 5) is 0. The van der Waals surface area contributed by atoms with Crippen LogP contribution in [0.2, 0.25) is 0 Å². The molecule has 0 saturated heterocycles. The SMILES string of the molecule is C=C[C@H](C)[C@@H](O)c1ccc(OC)cc1. The molecular weight excluding hydrogens is 176 g/mol. The molecule has 0 heterocycles. The van der Waals surface area contributed by atoms with Gasteiger partial charge in [0.15, 0.2) is 0 Å². The average molecular weight is 192 g/mol. The second kappa shape index (κ2) is 4.82. The van der Waals surface area contributed by atoms with Crippen molar-refractivity contribution >= 4 is 0 Å². The number of hydrogen-bond acceptors (Lipinski definition) is 2. The number of benzene rings is 1. The Hall–Kier alpha value is -1.28. The third-order valence-corrected chi connectivity index (χ3v) is 2.33. The molecule has 0 aliphatic carbocycles. The summed E-state index contributed by atoms with van der Waals surface area (Å²) in [6.07, 6.45) is 1.26. The molecule has 1 aromatic rings. The first kappa shape index (κ1) is 10.8. The Bertz CT molecular complexity index is 290. The zero-order valence-electron chi connectivity index (χ0n) is 8.60. The summed E-state index contributed by atoms with van der Waals surface area (Å²) in [7, 11) is 1.62. The zero-order chi connectivity index (χ0) is 10.6. The molecule has 76 valence electrons. The molecule has 1 rings (SSSR count). The Balaban J connectivity index is 2.80. The highest BCUT2D eigenvalue weighted by Gasteiger charge is 2.12. The molecule has 2 nitrogen and oxygen atoms in total. The van der Waals surface area contributed by atoms with Gasteiger partial charge in [0.1, 0.15) is 5.75 Å². The minimum Gasteiger partial charge on any atom is -0.497 e. The normalized spacial score (nSPS) is 14.5. The van der Waals surface area contributed by atoms with Crippen LogP contribution < -0.4 is 4.74 Å². The topological polar surface area (TPSA) is 29.5 Å². The van der Waals surface area contributed by atoms with Crippen molar-refractivity contribution in [1.82, 2.24) is 0 Å². The maximum atomic E-state index is 9.84. The first-order valence-corrected chi connectivity index (χ1v) is 4.63. The lowest BCUT2D eigenvalue weighted by Gasteiger charge is -2.15. The summed E-state index contributed by atoms with van der Waals surface area (Å²) in [5.74, 6) is 0.857. The van der Waals surface area contributed by atoms with E-state index in [-0.39, 0.29) is 5.92 Å². The Labute approximate surface area is 84.8 Å². The van der Waals surface area contributed by atoms with E-state index >= 15 is 0 Å². The lowest BCUT2D eigenvalue weighted by Crippen LogP contribution is -2.06. The van der Waals surface area contributed by atoms with E-state index in [2.05, 4.69) is 6.58 Å². The van der Waals surface area contributed by atoms with E-state index in [0.29, 0.717) is 0 Å². The second-order valence-electron chi connectivity index (χ2n) is 3.31. The molecule has 2 atom stereocenters. The summed E-state index contributed by atoms with van der Waals surface area (Å²) in [5, 5.41) is 9.84. The number of ether oxygens (including phenoxy) is 1. The van der Waals surface area contributed by atoms with Crippen molar-refractivity contribution in [1.29, 1.82) is 0 Å². The maximum Gasteiger partial charge on any atom is 0.118 e. The van der Waals surface area contributed by atoms with Crippen LogP contribution in [0.5, 0.6) is 5.75 Å². The lowest BCUT2D eigenvalue weighted by molar-refractivity contribution is 0.140. The number of methoxy groups -OCH3 is 1. The van der Waals surface area contributed by atoms with Crippen molar-refractivity contribution in [2.24, 2.45) is 5.92 Å². The van der Waals surface area contributed by atoms with Crippen LogP contribution in [0.1, 0.15) is 18.6 Å². The molecule has 0 fully saturated rings. The van der Waals surface area contributed by atoms with Gasteiger partial charge in [-0.2, -0.15) is 0 Å². The highest BCUT2D eigenvalue weighted by Crippen LogP contribution is 2.24. The Morgan fingerprint density at radius 2 is 1.93 bits per heavy atom. The fourth-order valence-corrected chi connectivity index (χ4v) is 1.23. The summed E-state index contributed by atoms with van der Waals surface area (Å²) in [6.45, 7) is 5.59. The fraction of sp³-hybridized carbons (Fsp3) is 0.333. The molecule has 0 amide bonds. The van der Waals surface area contributed by atoms with Gasteiger partial charge in [0.2, 0.25) is 0 Å². The fourth-order valence-electron chi connectivity index (χ4n) is 1.23. The van der Waals surface area contributed by atoms with Gasteiger partial charge in [0.05, 0.1) is 13.2 Å².